The van der Waals surface area contributed by atoms with E-state index >= 15 is 0 Å². The lowest BCUT2D eigenvalue weighted by atomic mass is 9.75. The summed E-state index contributed by atoms with van der Waals surface area (Å²) in [4.78, 5) is 49.7. The largest absolute Gasteiger partial charge is 1.00 e. The molecule has 32 heteroatoms. The number of benzene rings is 4. The van der Waals surface area contributed by atoms with Crippen molar-refractivity contribution in [1.82, 2.24) is 24.4 Å². The Balaban J connectivity index is 0. The average molecular weight is 1700 g/mol. The molecule has 0 heterocycles. The molecule has 0 spiro atoms. The third-order valence-electron chi connectivity index (χ3n) is 18.4. The zero-order valence-electron chi connectivity index (χ0n) is 65.7. The Morgan fingerprint density at radius 2 is 0.776 bits per heavy atom. The predicted octanol–water partition coefficient (Wildman–Crippen LogP) is 9.22. The summed E-state index contributed by atoms with van der Waals surface area (Å²) in [7, 11) is -1.39. The summed E-state index contributed by atoms with van der Waals surface area (Å²) in [5.74, 6) is 0.320. The first kappa shape index (κ1) is 106. The first-order chi connectivity index (χ1) is 48.6. The second-order valence-electron chi connectivity index (χ2n) is 30.1. The zero-order chi connectivity index (χ0) is 80.8. The van der Waals surface area contributed by atoms with Crippen LogP contribution in [0.5, 0.6) is 0 Å². The molecule has 610 valence electrons. The molecule has 0 aromatic heterocycles. The molecule has 0 saturated heterocycles. The average Bonchev–Trinajstić information content (AvgIpc) is 0.799. The maximum atomic E-state index is 13.2. The first-order valence-corrected chi connectivity index (χ1v) is 39.7. The highest BCUT2D eigenvalue weighted by molar-refractivity contribution is 6.45. The standard InChI is InChI=1S/C21H35BCl2N2O4.C21H35BCl2N2O3.C17H25Cl2NO3.C16H24Cl2N2O3.2ClH/c1-16-13-17(26(29,11-9-23)12-10-24)7-8-18(16)21(5,15-25-22(6)28)14-19(27)30-20(2,3)4;1-16-13-17(26(11-9-23)12-10-24)7-8-18(16)21(5,15-25-22(6)28)14-19(27)29-20(2,3)4;1-4-17(3,12-16(21)22)15-6-5-14(11-13(15)2)20(23,9-7-18)10-8-19;1-12-9-13(20(23,7-5-17)8-6-18)3-4-14(12)16(2,11-19)10-15(21)22;;/h7-8,13,25,28H,9-12,14-15H2,1-6H3;7-8,13,25,28H,9-12,14-15H2,1-6H3;5-6,11,23H,4,7-10,12H2,1-3H3;3-4,9H,5-8,10-11,19H2,1-2H3,(H,21,22);2*1H/p-1. The van der Waals surface area contributed by atoms with Crippen molar-refractivity contribution in [2.45, 2.75) is 182 Å². The summed E-state index contributed by atoms with van der Waals surface area (Å²) >= 11 is 46.7. The summed E-state index contributed by atoms with van der Waals surface area (Å²) < 4.78 is 9.60. The third-order valence-corrected chi connectivity index (χ3v) is 19.8. The van der Waals surface area contributed by atoms with E-state index < -0.39 is 68.2 Å². The van der Waals surface area contributed by atoms with Crippen molar-refractivity contribution >= 4 is 154 Å². The molecule has 0 aliphatic carbocycles. The van der Waals surface area contributed by atoms with Crippen molar-refractivity contribution < 1.29 is 78.9 Å². The van der Waals surface area contributed by atoms with Crippen LogP contribution < -0.4 is 59.8 Å². The Morgan fingerprint density at radius 3 is 1.06 bits per heavy atom. The number of ether oxygens (including phenoxy) is 2. The molecule has 4 rings (SSSR count). The van der Waals surface area contributed by atoms with Crippen molar-refractivity contribution in [1.29, 1.82) is 0 Å². The molecule has 4 atom stereocenters. The van der Waals surface area contributed by atoms with Crippen LogP contribution in [0.4, 0.5) is 22.7 Å². The van der Waals surface area contributed by atoms with E-state index in [4.69, 9.17) is 113 Å². The maximum Gasteiger partial charge on any atom is 0.373 e. The molecule has 107 heavy (non-hydrogen) atoms. The van der Waals surface area contributed by atoms with Gasteiger partial charge in [-0.1, -0.05) is 58.9 Å². The number of carbonyl (C=O) groups excluding carboxylic acids is 2. The molecule has 4 unspecified atom stereocenters. The number of rotatable bonds is 40. The second kappa shape index (κ2) is 49.0. The van der Waals surface area contributed by atoms with Gasteiger partial charge in [0.05, 0.1) is 87.1 Å². The van der Waals surface area contributed by atoms with Crippen molar-refractivity contribution in [3.63, 3.8) is 0 Å². The highest BCUT2D eigenvalue weighted by atomic mass is 35.5. The molecule has 4 aromatic rings. The molecular weight excluding hydrogens is 1580 g/mol. The van der Waals surface area contributed by atoms with Crippen molar-refractivity contribution in [3.05, 3.63) is 128 Å². The van der Waals surface area contributed by atoms with E-state index in [1.54, 1.807) is 37.9 Å². The lowest BCUT2D eigenvalue weighted by Crippen LogP contribution is -3.00. The molecule has 0 bridgehead atoms. The quantitative estimate of drug-likeness (QED) is 0.00677. The van der Waals surface area contributed by atoms with Crippen molar-refractivity contribution in [2.24, 2.45) is 5.73 Å². The number of carbonyl (C=O) groups is 4. The molecule has 0 amide bonds. The van der Waals surface area contributed by atoms with Crippen LogP contribution in [0.1, 0.15) is 153 Å². The van der Waals surface area contributed by atoms with Gasteiger partial charge >= 0.3 is 38.0 Å². The number of nitrogens with two attached hydrogens (primary N) is 1. The minimum atomic E-state index is -0.903. The maximum absolute atomic E-state index is 13.2. The van der Waals surface area contributed by atoms with Crippen LogP contribution in [-0.2, 0) is 50.3 Å². The van der Waals surface area contributed by atoms with Gasteiger partial charge in [-0.25, -0.2) is 5.21 Å². The molecule has 20 nitrogen and oxygen atoms in total. The number of aliphatic carboxylic acids is 2. The number of alkyl halides is 8. The van der Waals surface area contributed by atoms with Gasteiger partial charge in [-0.15, -0.1) is 97.5 Å². The first-order valence-electron chi connectivity index (χ1n) is 35.5. The number of nitrogens with one attached hydrogen (secondary N) is 2. The van der Waals surface area contributed by atoms with E-state index in [1.807, 2.05) is 146 Å². The normalized spacial score (nSPS) is 14.0. The number of esters is 2. The van der Waals surface area contributed by atoms with Crippen LogP contribution in [0.3, 0.4) is 0 Å². The van der Waals surface area contributed by atoms with Crippen molar-refractivity contribution in [3.8, 4) is 0 Å². The fraction of sp³-hybridized carbons (Fsp3) is 0.627. The van der Waals surface area contributed by atoms with Gasteiger partial charge in [0.25, 0.3) is 0 Å². The van der Waals surface area contributed by atoms with E-state index in [1.165, 1.54) is 0 Å². The lowest BCUT2D eigenvalue weighted by molar-refractivity contribution is -0.157. The van der Waals surface area contributed by atoms with E-state index in [0.29, 0.717) is 74.2 Å². The minimum Gasteiger partial charge on any atom is -1.00 e. The number of carboxylic acid groups (broad SMARTS) is 2. The zero-order valence-corrected chi connectivity index (χ0v) is 73.3. The van der Waals surface area contributed by atoms with Gasteiger partial charge in [-0.3, -0.25) is 19.2 Å². The summed E-state index contributed by atoms with van der Waals surface area (Å²) in [6.45, 7) is 36.0. The number of anilines is 1. The summed E-state index contributed by atoms with van der Waals surface area (Å²) in [5, 5.41) is 80.7. The number of carboxylic acids is 2. The van der Waals surface area contributed by atoms with Gasteiger partial charge < -0.3 is 95.3 Å². The van der Waals surface area contributed by atoms with Gasteiger partial charge in [0, 0.05) is 83.0 Å². The number of hydroxylamine groups is 6. The smallest absolute Gasteiger partial charge is 0.373 e. The van der Waals surface area contributed by atoms with Gasteiger partial charge in [0.1, 0.15) is 35.7 Å². The molecule has 0 aliphatic heterocycles. The van der Waals surface area contributed by atoms with Gasteiger partial charge in [-0.05, 0) is 171 Å². The van der Waals surface area contributed by atoms with Crippen LogP contribution in [0.15, 0.2) is 72.8 Å². The predicted molar refractivity (Wildman–Crippen MR) is 444 cm³/mol. The number of hydrogen-bond donors (Lipinski definition) is 8. The van der Waals surface area contributed by atoms with Gasteiger partial charge in [0.2, 0.25) is 0 Å². The lowest BCUT2D eigenvalue weighted by Gasteiger charge is -2.42. The third kappa shape index (κ3) is 35.2. The number of aryl methyl sites for hydroxylation is 4. The van der Waals surface area contributed by atoms with Gasteiger partial charge in [0.15, 0.2) is 5.69 Å². The molecule has 0 aliphatic rings. The Kier molecular flexibility index (Phi) is 48.7. The molecule has 0 fully saturated rings. The van der Waals surface area contributed by atoms with Gasteiger partial charge in [-0.2, -0.15) is 0 Å². The number of halogens is 10. The highest BCUT2D eigenvalue weighted by Gasteiger charge is 2.38. The second-order valence-corrected chi connectivity index (χ2v) is 33.1. The minimum absolute atomic E-state index is 0. The number of hydrogen-bond acceptors (Lipinski definition) is 15. The van der Waals surface area contributed by atoms with E-state index in [2.05, 4.69) is 21.4 Å². The van der Waals surface area contributed by atoms with Crippen molar-refractivity contribution in [2.75, 3.05) is 124 Å². The van der Waals surface area contributed by atoms with Crippen LogP contribution in [0.25, 0.3) is 0 Å². The van der Waals surface area contributed by atoms with E-state index in [-0.39, 0.29) is 123 Å². The van der Waals surface area contributed by atoms with E-state index in [9.17, 15) is 50.0 Å². The van der Waals surface area contributed by atoms with E-state index in [0.717, 1.165) is 62.3 Å². The Bertz CT molecular complexity index is 3230. The molecule has 0 radical (unpaired) electrons. The highest BCUT2D eigenvalue weighted by Crippen LogP contribution is 2.40. The fourth-order valence-electron chi connectivity index (χ4n) is 12.8. The number of nitrogens with zero attached hydrogens (tertiary/aromatic N) is 4. The molecule has 9 N–H and O–H groups in total. The van der Waals surface area contributed by atoms with Crippen LogP contribution >= 0.6 is 92.8 Å². The topological polar surface area (TPSA) is 287 Å². The SMILES string of the molecule is CB(O)NCC(C)(CC(=O)OC(C)(C)C)c1ccc(N(CCCl)CCCl)cc1C.CB(O)NCC(C)(CC(=O)OC(C)(C)C)c1ccc([N+]([O-])(CCCl)CCCl)cc1C.CCC(C)(CC(=O)O)c1ccc([N+](O)(CCCl)CCCl)cc1C.Cc1cc([N+]([O-])(CCCl)CCCl)ccc1C(C)(CN)CC(=O)O.[Cl-].[Cl-]. The monoisotopic (exact) mass is 1700 g/mol. The number of quaternary nitrogens is 3. The summed E-state index contributed by atoms with van der Waals surface area (Å²) in [5.41, 5.74) is 12.9. The van der Waals surface area contributed by atoms with Crippen LogP contribution in [0.2, 0.25) is 13.6 Å². The molecule has 4 aromatic carbocycles. The Labute approximate surface area is 691 Å². The van der Waals surface area contributed by atoms with Crippen LogP contribution in [-0.4, -0.2) is 194 Å². The summed E-state index contributed by atoms with van der Waals surface area (Å²) in [6, 6.07) is 22.7. The van der Waals surface area contributed by atoms with Crippen LogP contribution in [0, 0.1) is 38.1 Å². The fourth-order valence-corrected chi connectivity index (χ4v) is 14.8. The molecule has 0 saturated carbocycles. The Hall–Kier alpha value is -2.85. The summed E-state index contributed by atoms with van der Waals surface area (Å²) in [6.07, 6.45) is 1.07. The Morgan fingerprint density at radius 1 is 0.477 bits per heavy atom. The molecular formula is C75H120B2Cl10N7O13-.